The minimum atomic E-state index is -0.0539. The standard InChI is InChI=1S/C24H22N6OS/c1-3-20-28-18-11-15(6-8-19(18)32-20)5-7-16-12-30(24-22(16)23(25)26-14-27-24)17-9-10-29(13-17)21(31)4-2/h4,6,8,11-12,14,17H,2-3,9-10,13H2,1H3,(H2,25,26,27)/t17-/m0/s1. The smallest absolute Gasteiger partial charge is 0.246 e. The van der Waals surface area contributed by atoms with Gasteiger partial charge in [-0.3, -0.25) is 4.79 Å². The van der Waals surface area contributed by atoms with Gasteiger partial charge in [0.1, 0.15) is 17.8 Å². The molecule has 5 rings (SSSR count). The van der Waals surface area contributed by atoms with Gasteiger partial charge in [-0.15, -0.1) is 11.3 Å². The van der Waals surface area contributed by atoms with Gasteiger partial charge < -0.3 is 15.2 Å². The molecule has 2 N–H and O–H groups in total. The second-order valence-corrected chi connectivity index (χ2v) is 8.85. The largest absolute Gasteiger partial charge is 0.383 e. The monoisotopic (exact) mass is 442 g/mol. The molecule has 3 aromatic heterocycles. The topological polar surface area (TPSA) is 89.9 Å². The number of likely N-dealkylation sites (tertiary alicyclic amines) is 1. The first-order valence-corrected chi connectivity index (χ1v) is 11.3. The van der Waals surface area contributed by atoms with Crippen molar-refractivity contribution >= 4 is 44.3 Å². The molecule has 0 unspecified atom stereocenters. The summed E-state index contributed by atoms with van der Waals surface area (Å²) in [5, 5.41) is 1.87. The van der Waals surface area contributed by atoms with Crippen LogP contribution in [0.4, 0.5) is 5.82 Å². The van der Waals surface area contributed by atoms with Gasteiger partial charge in [0.15, 0.2) is 0 Å². The van der Waals surface area contributed by atoms with E-state index >= 15 is 0 Å². The number of carbonyl (C=O) groups excluding carboxylic acids is 1. The fourth-order valence-electron chi connectivity index (χ4n) is 4.12. The summed E-state index contributed by atoms with van der Waals surface area (Å²) in [6.07, 6.45) is 6.56. The highest BCUT2D eigenvalue weighted by molar-refractivity contribution is 7.18. The summed E-state index contributed by atoms with van der Waals surface area (Å²) in [4.78, 5) is 27.1. The number of aromatic nitrogens is 4. The number of carbonyl (C=O) groups is 1. The quantitative estimate of drug-likeness (QED) is 0.387. The summed E-state index contributed by atoms with van der Waals surface area (Å²) in [7, 11) is 0. The fourth-order valence-corrected chi connectivity index (χ4v) is 5.01. The van der Waals surface area contributed by atoms with Gasteiger partial charge in [0, 0.05) is 24.8 Å². The molecule has 1 aliphatic heterocycles. The molecule has 4 heterocycles. The Morgan fingerprint density at radius 2 is 2.25 bits per heavy atom. The number of fused-ring (bicyclic) bond motifs is 2. The molecule has 1 saturated heterocycles. The first-order chi connectivity index (χ1) is 15.6. The van der Waals surface area contributed by atoms with Crippen LogP contribution in [0, 0.1) is 11.8 Å². The van der Waals surface area contributed by atoms with Gasteiger partial charge in [-0.1, -0.05) is 25.3 Å². The van der Waals surface area contributed by atoms with E-state index in [1.165, 1.54) is 17.1 Å². The Hall–Kier alpha value is -3.70. The molecule has 0 spiro atoms. The summed E-state index contributed by atoms with van der Waals surface area (Å²) in [6.45, 7) is 6.99. The molecule has 0 bridgehead atoms. The average Bonchev–Trinajstić information content (AvgIpc) is 3.53. The number of anilines is 1. The first kappa shape index (κ1) is 20.2. The number of hydrogen-bond acceptors (Lipinski definition) is 6. The first-order valence-electron chi connectivity index (χ1n) is 10.5. The zero-order valence-corrected chi connectivity index (χ0v) is 18.5. The Bertz CT molecular complexity index is 1420. The number of thiazole rings is 1. The molecule has 160 valence electrons. The summed E-state index contributed by atoms with van der Waals surface area (Å²) in [5.41, 5.74) is 9.59. The molecule has 1 amide bonds. The molecule has 4 aromatic rings. The highest BCUT2D eigenvalue weighted by Gasteiger charge is 2.28. The van der Waals surface area contributed by atoms with Crippen LogP contribution >= 0.6 is 11.3 Å². The van der Waals surface area contributed by atoms with Gasteiger partial charge >= 0.3 is 0 Å². The lowest BCUT2D eigenvalue weighted by atomic mass is 10.2. The number of aryl methyl sites for hydroxylation is 1. The normalized spacial score (nSPS) is 15.8. The molecule has 1 aliphatic rings. The Labute approximate surface area is 189 Å². The number of hydrogen-bond donors (Lipinski definition) is 1. The van der Waals surface area contributed by atoms with Crippen molar-refractivity contribution in [2.24, 2.45) is 0 Å². The maximum Gasteiger partial charge on any atom is 0.246 e. The van der Waals surface area contributed by atoms with E-state index < -0.39 is 0 Å². The van der Waals surface area contributed by atoms with E-state index in [1.807, 2.05) is 18.3 Å². The van der Waals surface area contributed by atoms with Crippen LogP contribution in [0.25, 0.3) is 21.3 Å². The van der Waals surface area contributed by atoms with Crippen molar-refractivity contribution in [3.63, 3.8) is 0 Å². The zero-order valence-electron chi connectivity index (χ0n) is 17.7. The van der Waals surface area contributed by atoms with Crippen LogP contribution in [-0.4, -0.2) is 43.4 Å². The Morgan fingerprint density at radius 3 is 3.06 bits per heavy atom. The minimum Gasteiger partial charge on any atom is -0.383 e. The lowest BCUT2D eigenvalue weighted by Gasteiger charge is -2.15. The van der Waals surface area contributed by atoms with Gasteiger partial charge in [-0.2, -0.15) is 0 Å². The molecule has 32 heavy (non-hydrogen) atoms. The van der Waals surface area contributed by atoms with Gasteiger partial charge in [0.2, 0.25) is 5.91 Å². The summed E-state index contributed by atoms with van der Waals surface area (Å²) >= 11 is 1.72. The van der Waals surface area contributed by atoms with Crippen LogP contribution in [0.1, 0.15) is 35.5 Å². The highest BCUT2D eigenvalue weighted by atomic mass is 32.1. The van der Waals surface area contributed by atoms with E-state index in [2.05, 4.69) is 50.9 Å². The molecular weight excluding hydrogens is 420 g/mol. The lowest BCUT2D eigenvalue weighted by molar-refractivity contribution is -0.125. The third kappa shape index (κ3) is 3.51. The SMILES string of the molecule is C=CC(=O)N1CC[C@H](n2cc(C#Cc3ccc4sc(CC)nc4c3)c3c(N)ncnc32)C1. The van der Waals surface area contributed by atoms with Crippen molar-refractivity contribution in [1.29, 1.82) is 0 Å². The van der Waals surface area contributed by atoms with Crippen LogP contribution in [0.3, 0.4) is 0 Å². The van der Waals surface area contributed by atoms with Crippen LogP contribution in [0.2, 0.25) is 0 Å². The molecule has 1 atom stereocenters. The number of nitrogens with zero attached hydrogens (tertiary/aromatic N) is 5. The molecule has 7 nitrogen and oxygen atoms in total. The molecular formula is C24H22N6OS. The molecule has 0 radical (unpaired) electrons. The third-order valence-corrected chi connectivity index (χ3v) is 6.94. The van der Waals surface area contributed by atoms with Crippen LogP contribution < -0.4 is 5.73 Å². The zero-order chi connectivity index (χ0) is 22.2. The van der Waals surface area contributed by atoms with E-state index in [4.69, 9.17) is 5.73 Å². The van der Waals surface area contributed by atoms with Crippen molar-refractivity contribution in [3.8, 4) is 11.8 Å². The Kier molecular flexibility index (Phi) is 5.11. The predicted molar refractivity (Wildman–Crippen MR) is 127 cm³/mol. The van der Waals surface area contributed by atoms with Crippen LogP contribution in [0.15, 0.2) is 43.4 Å². The summed E-state index contributed by atoms with van der Waals surface area (Å²) in [6, 6.07) is 6.21. The Morgan fingerprint density at radius 1 is 1.38 bits per heavy atom. The number of amides is 1. The summed E-state index contributed by atoms with van der Waals surface area (Å²) < 4.78 is 3.24. The van der Waals surface area contributed by atoms with E-state index in [0.717, 1.165) is 45.5 Å². The highest BCUT2D eigenvalue weighted by Crippen LogP contribution is 2.30. The van der Waals surface area contributed by atoms with Crippen LogP contribution in [-0.2, 0) is 11.2 Å². The van der Waals surface area contributed by atoms with Gasteiger partial charge in [0.25, 0.3) is 0 Å². The predicted octanol–water partition coefficient (Wildman–Crippen LogP) is 3.54. The van der Waals surface area contributed by atoms with Gasteiger partial charge in [-0.05, 0) is 37.1 Å². The van der Waals surface area contributed by atoms with Gasteiger partial charge in [-0.25, -0.2) is 15.0 Å². The second-order valence-electron chi connectivity index (χ2n) is 7.73. The fraction of sp³-hybridized carbons (Fsp3) is 0.250. The van der Waals surface area contributed by atoms with E-state index in [0.29, 0.717) is 18.9 Å². The lowest BCUT2D eigenvalue weighted by Crippen LogP contribution is -2.27. The Balaban J connectivity index is 1.53. The van der Waals surface area contributed by atoms with Crippen molar-refractivity contribution in [1.82, 2.24) is 24.4 Å². The number of nitrogen functional groups attached to an aromatic ring is 1. The van der Waals surface area contributed by atoms with E-state index in [1.54, 1.807) is 16.2 Å². The maximum absolute atomic E-state index is 12.0. The number of rotatable bonds is 3. The second kappa shape index (κ2) is 8.09. The molecule has 0 saturated carbocycles. The van der Waals surface area contributed by atoms with Crippen molar-refractivity contribution in [2.45, 2.75) is 25.8 Å². The number of benzene rings is 1. The molecule has 0 aliphatic carbocycles. The summed E-state index contributed by atoms with van der Waals surface area (Å²) in [5.74, 6) is 6.87. The average molecular weight is 443 g/mol. The molecule has 1 fully saturated rings. The molecule has 8 heteroatoms. The van der Waals surface area contributed by atoms with Crippen molar-refractivity contribution < 1.29 is 4.79 Å². The third-order valence-electron chi connectivity index (χ3n) is 5.76. The van der Waals surface area contributed by atoms with Crippen LogP contribution in [0.5, 0.6) is 0 Å². The van der Waals surface area contributed by atoms with E-state index in [-0.39, 0.29) is 11.9 Å². The van der Waals surface area contributed by atoms with Gasteiger partial charge in [0.05, 0.1) is 32.2 Å². The van der Waals surface area contributed by atoms with E-state index in [9.17, 15) is 4.79 Å². The minimum absolute atomic E-state index is 0.0539. The molecule has 1 aromatic carbocycles. The van der Waals surface area contributed by atoms with Crippen molar-refractivity contribution in [3.05, 3.63) is 59.5 Å². The number of nitrogens with two attached hydrogens (primary N) is 1. The maximum atomic E-state index is 12.0. The van der Waals surface area contributed by atoms with Crippen molar-refractivity contribution in [2.75, 3.05) is 18.8 Å².